The molecule has 0 atom stereocenters. The van der Waals surface area contributed by atoms with Crippen molar-refractivity contribution < 1.29 is 22.3 Å². The van der Waals surface area contributed by atoms with E-state index in [1.807, 2.05) is 62.9 Å². The van der Waals surface area contributed by atoms with E-state index in [0.29, 0.717) is 51.6 Å². The number of benzene rings is 2. The van der Waals surface area contributed by atoms with Gasteiger partial charge in [-0.2, -0.15) is 0 Å². The largest absolute Gasteiger partial charge is 0.494 e. The fourth-order valence-corrected chi connectivity index (χ4v) is 7.03. The van der Waals surface area contributed by atoms with Crippen LogP contribution in [0.1, 0.15) is 31.0 Å². The number of ether oxygens (including phenoxy) is 1. The molecule has 2 aromatic carbocycles. The molecular weight excluding hydrogens is 621 g/mol. The number of fused-ring (bicyclic) bond motifs is 2. The molecule has 47 heavy (non-hydrogen) atoms. The number of methoxy groups -OCH3 is 1. The number of carbonyl (C=O) groups is 1. The quantitative estimate of drug-likeness (QED) is 0.195. The lowest BCUT2D eigenvalue weighted by atomic mass is 10.0. The van der Waals surface area contributed by atoms with Gasteiger partial charge in [0, 0.05) is 67.9 Å². The fraction of sp³-hybridized carbons (Fsp3) is 0.382. The smallest absolute Gasteiger partial charge is 0.248 e. The molecule has 13 heteroatoms. The van der Waals surface area contributed by atoms with Gasteiger partial charge in [-0.3, -0.25) is 4.79 Å². The highest BCUT2D eigenvalue weighted by atomic mass is 32.2. The Balaban J connectivity index is 1.62. The Hall–Kier alpha value is -4.49. The van der Waals surface area contributed by atoms with Crippen molar-refractivity contribution in [2.75, 3.05) is 62.6 Å². The summed E-state index contributed by atoms with van der Waals surface area (Å²) in [5.74, 6) is -0.179. The molecule has 1 amide bonds. The van der Waals surface area contributed by atoms with Crippen molar-refractivity contribution in [2.24, 2.45) is 7.05 Å². The van der Waals surface area contributed by atoms with Crippen molar-refractivity contribution in [3.63, 3.8) is 0 Å². The van der Waals surface area contributed by atoms with Gasteiger partial charge in [0.05, 0.1) is 47.1 Å². The molecule has 2 N–H and O–H groups in total. The summed E-state index contributed by atoms with van der Waals surface area (Å²) in [5, 5.41) is 6.91. The van der Waals surface area contributed by atoms with Gasteiger partial charge in [0.15, 0.2) is 9.84 Å². The predicted molar refractivity (Wildman–Crippen MR) is 186 cm³/mol. The molecule has 0 spiro atoms. The molecule has 1 aliphatic rings. The molecule has 0 saturated carbocycles. The Bertz CT molecular complexity index is 1940. The van der Waals surface area contributed by atoms with Gasteiger partial charge in [0.1, 0.15) is 11.6 Å². The van der Waals surface area contributed by atoms with E-state index in [1.165, 1.54) is 18.2 Å². The van der Waals surface area contributed by atoms with E-state index in [4.69, 9.17) is 14.7 Å². The van der Waals surface area contributed by atoms with Gasteiger partial charge in [-0.1, -0.05) is 19.4 Å². The van der Waals surface area contributed by atoms with Gasteiger partial charge in [-0.25, -0.2) is 22.8 Å². The first-order valence-electron chi connectivity index (χ1n) is 15.6. The highest BCUT2D eigenvalue weighted by Crippen LogP contribution is 2.40. The number of halogens is 1. The number of carbonyl (C=O) groups excluding carboxylic acids is 1. The molecule has 3 heterocycles. The Morgan fingerprint density at radius 1 is 1.13 bits per heavy atom. The summed E-state index contributed by atoms with van der Waals surface area (Å²) in [6.07, 6.45) is 7.15. The summed E-state index contributed by atoms with van der Waals surface area (Å²) in [5.41, 5.74) is 4.76. The Kier molecular flexibility index (Phi) is 10.2. The van der Waals surface area contributed by atoms with E-state index < -0.39 is 15.7 Å². The summed E-state index contributed by atoms with van der Waals surface area (Å²) in [7, 11) is 5.99. The van der Waals surface area contributed by atoms with Crippen LogP contribution in [0.4, 0.5) is 27.4 Å². The van der Waals surface area contributed by atoms with Crippen LogP contribution in [0.5, 0.6) is 5.75 Å². The number of nitrogens with zero attached hydrogens (tertiary/aromatic N) is 5. The highest BCUT2D eigenvalue weighted by Gasteiger charge is 2.29. The van der Waals surface area contributed by atoms with Gasteiger partial charge in [0.25, 0.3) is 0 Å². The Morgan fingerprint density at radius 3 is 2.64 bits per heavy atom. The van der Waals surface area contributed by atoms with Crippen LogP contribution >= 0.6 is 0 Å². The van der Waals surface area contributed by atoms with Crippen LogP contribution < -0.4 is 20.3 Å². The monoisotopic (exact) mass is 663 g/mol. The second kappa shape index (κ2) is 14.1. The van der Waals surface area contributed by atoms with Crippen molar-refractivity contribution in [3.05, 3.63) is 65.8 Å². The molecular formula is C34H42FN7O4S. The lowest BCUT2D eigenvalue weighted by Crippen LogP contribution is -2.29. The maximum Gasteiger partial charge on any atom is 0.248 e. The number of unbranched alkanes of at least 4 members (excludes halogenated alkanes) is 1. The normalized spacial score (nSPS) is 14.0. The summed E-state index contributed by atoms with van der Waals surface area (Å²) in [6, 6.07) is 8.15. The first-order valence-corrected chi connectivity index (χ1v) is 17.4. The number of sulfone groups is 1. The van der Waals surface area contributed by atoms with E-state index >= 15 is 0 Å². The summed E-state index contributed by atoms with van der Waals surface area (Å²) < 4.78 is 47.6. The molecule has 0 fully saturated rings. The number of likely N-dealkylation sites (N-methyl/N-ethyl adjacent to an activating group) is 2. The number of hydrogen-bond donors (Lipinski definition) is 2. The topological polar surface area (TPSA) is 122 Å². The van der Waals surface area contributed by atoms with Crippen molar-refractivity contribution in [1.82, 2.24) is 19.4 Å². The first kappa shape index (κ1) is 33.9. The van der Waals surface area contributed by atoms with Gasteiger partial charge in [0.2, 0.25) is 11.9 Å². The standard InChI is InChI=1S/C34H42FN7O4S/c1-7-8-9-10-32(43)36-27-18-28(31(46-6)19-30(27)41(4)15-14-40(2)3)38-34-37-26-13-16-47(44,45)21-25(26)33(39-34)24-20-42(5)29-12-11-22(35)17-23(24)29/h9-12,17-20H,7-8,13-16,21H2,1-6H3,(H,36,43)(H,37,38,39)/b10-9-. The van der Waals surface area contributed by atoms with Gasteiger partial charge in [-0.15, -0.1) is 0 Å². The summed E-state index contributed by atoms with van der Waals surface area (Å²) in [6.45, 7) is 3.54. The van der Waals surface area contributed by atoms with Gasteiger partial charge in [-0.05, 0) is 50.9 Å². The molecule has 4 aromatic rings. The molecule has 250 valence electrons. The zero-order valence-corrected chi connectivity index (χ0v) is 28.5. The maximum atomic E-state index is 14.4. The zero-order chi connectivity index (χ0) is 33.9. The van der Waals surface area contributed by atoms with Gasteiger partial charge < -0.3 is 29.7 Å². The number of nitrogens with one attached hydrogen (secondary N) is 2. The molecule has 0 aliphatic carbocycles. The molecule has 5 rings (SSSR count). The van der Waals surface area contributed by atoms with Crippen LogP contribution in [0.2, 0.25) is 0 Å². The van der Waals surface area contributed by atoms with Crippen LogP contribution in [-0.4, -0.2) is 80.9 Å². The van der Waals surface area contributed by atoms with Gasteiger partial charge >= 0.3 is 0 Å². The number of aryl methyl sites for hydroxylation is 2. The van der Waals surface area contributed by atoms with E-state index in [0.717, 1.165) is 30.6 Å². The van der Waals surface area contributed by atoms with Crippen LogP contribution in [0.3, 0.4) is 0 Å². The second-order valence-corrected chi connectivity index (χ2v) is 14.3. The Labute approximate surface area is 275 Å². The van der Waals surface area contributed by atoms with Crippen LogP contribution in [0.15, 0.2) is 48.7 Å². The number of amides is 1. The average molecular weight is 664 g/mol. The Morgan fingerprint density at radius 2 is 1.91 bits per heavy atom. The fourth-order valence-electron chi connectivity index (χ4n) is 5.64. The van der Waals surface area contributed by atoms with Crippen molar-refractivity contribution in [3.8, 4) is 17.0 Å². The van der Waals surface area contributed by atoms with E-state index in [2.05, 4.69) is 15.5 Å². The highest BCUT2D eigenvalue weighted by molar-refractivity contribution is 7.90. The SMILES string of the molecule is CCC/C=C\C(=O)Nc1cc(Nc2nc3c(c(-c4cn(C)c5ccc(F)cc45)n2)CS(=O)(=O)CC3)c(OC)cc1N(C)CCN(C)C. The molecule has 0 saturated heterocycles. The minimum Gasteiger partial charge on any atom is -0.494 e. The lowest BCUT2D eigenvalue weighted by Gasteiger charge is -2.26. The average Bonchev–Trinajstić information content (AvgIpc) is 3.34. The zero-order valence-electron chi connectivity index (χ0n) is 27.7. The van der Waals surface area contributed by atoms with Crippen molar-refractivity contribution in [2.45, 2.75) is 31.9 Å². The number of aromatic nitrogens is 3. The number of rotatable bonds is 12. The van der Waals surface area contributed by atoms with Crippen molar-refractivity contribution >= 4 is 49.7 Å². The third-order valence-corrected chi connectivity index (χ3v) is 9.71. The van der Waals surface area contributed by atoms with Crippen LogP contribution in [-0.2, 0) is 33.9 Å². The molecule has 0 radical (unpaired) electrons. The minimum atomic E-state index is -3.37. The third-order valence-electron chi connectivity index (χ3n) is 8.15. The third kappa shape index (κ3) is 7.74. The van der Waals surface area contributed by atoms with E-state index in [-0.39, 0.29) is 29.8 Å². The maximum absolute atomic E-state index is 14.4. The summed E-state index contributed by atoms with van der Waals surface area (Å²) >= 11 is 0. The number of hydrogen-bond acceptors (Lipinski definition) is 9. The number of anilines is 4. The molecule has 11 nitrogen and oxygen atoms in total. The molecule has 1 aliphatic heterocycles. The summed E-state index contributed by atoms with van der Waals surface area (Å²) in [4.78, 5) is 26.6. The minimum absolute atomic E-state index is 0.0287. The molecule has 0 unspecified atom stereocenters. The van der Waals surface area contributed by atoms with Crippen LogP contribution in [0.25, 0.3) is 22.2 Å². The number of allylic oxidation sites excluding steroid dienone is 1. The first-order chi connectivity index (χ1) is 22.4. The second-order valence-electron chi connectivity index (χ2n) is 12.1. The van der Waals surface area contributed by atoms with E-state index in [1.54, 1.807) is 19.2 Å². The van der Waals surface area contributed by atoms with E-state index in [9.17, 15) is 17.6 Å². The molecule has 0 bridgehead atoms. The predicted octanol–water partition coefficient (Wildman–Crippen LogP) is 5.29. The van der Waals surface area contributed by atoms with Crippen molar-refractivity contribution in [1.29, 1.82) is 0 Å². The van der Waals surface area contributed by atoms with Crippen LogP contribution in [0, 0.1) is 5.82 Å². The lowest BCUT2D eigenvalue weighted by molar-refractivity contribution is -0.111. The molecule has 2 aromatic heterocycles.